The van der Waals surface area contributed by atoms with Gasteiger partial charge in [0.1, 0.15) is 0 Å². The lowest BCUT2D eigenvalue weighted by atomic mass is 9.79. The molecule has 1 aromatic rings. The van der Waals surface area contributed by atoms with Crippen molar-refractivity contribution in [2.45, 2.75) is 31.8 Å². The van der Waals surface area contributed by atoms with Crippen molar-refractivity contribution in [1.29, 1.82) is 0 Å². The SMILES string of the molecule is COC(=O)C(O)CC(C)(C)c1cccc(OC)c1F. The molecule has 0 fully saturated rings. The van der Waals surface area contributed by atoms with E-state index in [0.717, 1.165) is 0 Å². The van der Waals surface area contributed by atoms with Gasteiger partial charge in [0.2, 0.25) is 0 Å². The first kappa shape index (κ1) is 15.4. The molecule has 1 rings (SSSR count). The summed E-state index contributed by atoms with van der Waals surface area (Å²) in [5, 5.41) is 9.70. The van der Waals surface area contributed by atoms with Crippen molar-refractivity contribution in [1.82, 2.24) is 0 Å². The lowest BCUT2D eigenvalue weighted by Crippen LogP contribution is -2.31. The van der Waals surface area contributed by atoms with Crippen molar-refractivity contribution in [2.75, 3.05) is 14.2 Å². The number of methoxy groups -OCH3 is 2. The molecule has 1 unspecified atom stereocenters. The summed E-state index contributed by atoms with van der Waals surface area (Å²) in [4.78, 5) is 11.2. The Morgan fingerprint density at radius 2 is 2.05 bits per heavy atom. The third kappa shape index (κ3) is 3.44. The predicted molar refractivity (Wildman–Crippen MR) is 68.6 cm³/mol. The van der Waals surface area contributed by atoms with Crippen LogP contribution >= 0.6 is 0 Å². The molecule has 19 heavy (non-hydrogen) atoms. The van der Waals surface area contributed by atoms with E-state index >= 15 is 0 Å². The number of carbonyl (C=O) groups excluding carboxylic acids is 1. The average Bonchev–Trinajstić information content (AvgIpc) is 2.37. The van der Waals surface area contributed by atoms with Crippen LogP contribution in [-0.4, -0.2) is 31.4 Å². The quantitative estimate of drug-likeness (QED) is 0.832. The molecule has 0 amide bonds. The van der Waals surface area contributed by atoms with E-state index in [1.807, 2.05) is 0 Å². The summed E-state index contributed by atoms with van der Waals surface area (Å²) in [5.74, 6) is -1.07. The minimum Gasteiger partial charge on any atom is -0.494 e. The third-order valence-corrected chi connectivity index (χ3v) is 3.09. The molecule has 0 saturated carbocycles. The first-order valence-electron chi connectivity index (χ1n) is 5.92. The molecule has 1 N–H and O–H groups in total. The molecular weight excluding hydrogens is 251 g/mol. The Labute approximate surface area is 112 Å². The fourth-order valence-corrected chi connectivity index (χ4v) is 2.00. The van der Waals surface area contributed by atoms with Crippen LogP contribution in [0.1, 0.15) is 25.8 Å². The van der Waals surface area contributed by atoms with Crippen LogP contribution in [0.25, 0.3) is 0 Å². The molecule has 1 atom stereocenters. The van der Waals surface area contributed by atoms with E-state index in [1.165, 1.54) is 20.3 Å². The number of aliphatic hydroxyl groups is 1. The van der Waals surface area contributed by atoms with E-state index in [1.54, 1.807) is 26.0 Å². The van der Waals surface area contributed by atoms with Gasteiger partial charge in [0, 0.05) is 0 Å². The fourth-order valence-electron chi connectivity index (χ4n) is 2.00. The number of aliphatic hydroxyl groups excluding tert-OH is 1. The Balaban J connectivity index is 3.03. The number of rotatable bonds is 5. The molecule has 0 aliphatic carbocycles. The number of halogens is 1. The fraction of sp³-hybridized carbons (Fsp3) is 0.500. The number of carbonyl (C=O) groups is 1. The molecule has 106 valence electrons. The summed E-state index contributed by atoms with van der Waals surface area (Å²) in [5.41, 5.74) is -0.346. The van der Waals surface area contributed by atoms with Gasteiger partial charge in [-0.05, 0) is 23.5 Å². The van der Waals surface area contributed by atoms with Crippen molar-refractivity contribution < 1.29 is 23.8 Å². The Bertz CT molecular complexity index is 457. The van der Waals surface area contributed by atoms with Crippen molar-refractivity contribution in [2.24, 2.45) is 0 Å². The van der Waals surface area contributed by atoms with Gasteiger partial charge in [0.05, 0.1) is 14.2 Å². The maximum Gasteiger partial charge on any atom is 0.334 e. The van der Waals surface area contributed by atoms with Crippen LogP contribution in [0.5, 0.6) is 5.75 Å². The van der Waals surface area contributed by atoms with Gasteiger partial charge < -0.3 is 14.6 Å². The molecule has 0 heterocycles. The molecule has 1 aromatic carbocycles. The summed E-state index contributed by atoms with van der Waals surface area (Å²) in [6, 6.07) is 4.80. The zero-order chi connectivity index (χ0) is 14.6. The highest BCUT2D eigenvalue weighted by Gasteiger charge is 2.31. The zero-order valence-electron chi connectivity index (χ0n) is 11.6. The van der Waals surface area contributed by atoms with E-state index in [-0.39, 0.29) is 12.2 Å². The van der Waals surface area contributed by atoms with Gasteiger partial charge in [-0.1, -0.05) is 26.0 Å². The van der Waals surface area contributed by atoms with E-state index in [9.17, 15) is 14.3 Å². The molecule has 5 heteroatoms. The molecule has 0 bridgehead atoms. The largest absolute Gasteiger partial charge is 0.494 e. The standard InChI is InChI=1S/C14H19FO4/c1-14(2,8-10(16)13(17)19-4)9-6-5-7-11(18-3)12(9)15/h5-7,10,16H,8H2,1-4H3. The summed E-state index contributed by atoms with van der Waals surface area (Å²) >= 11 is 0. The van der Waals surface area contributed by atoms with Crippen LogP contribution in [-0.2, 0) is 14.9 Å². The van der Waals surface area contributed by atoms with E-state index in [4.69, 9.17) is 4.74 Å². The minimum absolute atomic E-state index is 0.0593. The first-order valence-corrected chi connectivity index (χ1v) is 5.92. The molecule has 0 aliphatic heterocycles. The monoisotopic (exact) mass is 270 g/mol. The van der Waals surface area contributed by atoms with Crippen LogP contribution in [0.4, 0.5) is 4.39 Å². The van der Waals surface area contributed by atoms with Crippen molar-refractivity contribution in [3.05, 3.63) is 29.6 Å². The molecular formula is C14H19FO4. The van der Waals surface area contributed by atoms with Gasteiger partial charge in [-0.25, -0.2) is 9.18 Å². The first-order chi connectivity index (χ1) is 8.83. The molecule has 0 saturated heterocycles. The third-order valence-electron chi connectivity index (χ3n) is 3.09. The Hall–Kier alpha value is -1.62. The van der Waals surface area contributed by atoms with Gasteiger partial charge in [-0.3, -0.25) is 0 Å². The zero-order valence-corrected chi connectivity index (χ0v) is 11.6. The van der Waals surface area contributed by atoms with Crippen LogP contribution in [0.2, 0.25) is 0 Å². The Morgan fingerprint density at radius 1 is 1.42 bits per heavy atom. The number of hydrogen-bond donors (Lipinski definition) is 1. The van der Waals surface area contributed by atoms with E-state index in [0.29, 0.717) is 5.56 Å². The molecule has 0 aliphatic rings. The molecule has 0 radical (unpaired) electrons. The maximum absolute atomic E-state index is 14.2. The molecule has 0 aromatic heterocycles. The second-order valence-electron chi connectivity index (χ2n) is 4.95. The Morgan fingerprint density at radius 3 is 2.58 bits per heavy atom. The van der Waals surface area contributed by atoms with Gasteiger partial charge in [-0.2, -0.15) is 0 Å². The van der Waals surface area contributed by atoms with E-state index < -0.39 is 23.3 Å². The Kier molecular flexibility index (Phi) is 4.89. The van der Waals surface area contributed by atoms with Crippen molar-refractivity contribution in [3.8, 4) is 5.75 Å². The summed E-state index contributed by atoms with van der Waals surface area (Å²) in [6.45, 7) is 3.49. The van der Waals surface area contributed by atoms with Gasteiger partial charge in [0.25, 0.3) is 0 Å². The lowest BCUT2D eigenvalue weighted by Gasteiger charge is -2.27. The lowest BCUT2D eigenvalue weighted by molar-refractivity contribution is -0.151. The minimum atomic E-state index is -1.29. The maximum atomic E-state index is 14.2. The summed E-state index contributed by atoms with van der Waals surface area (Å²) in [7, 11) is 2.59. The number of benzene rings is 1. The average molecular weight is 270 g/mol. The van der Waals surface area contributed by atoms with Crippen molar-refractivity contribution >= 4 is 5.97 Å². The number of esters is 1. The van der Waals surface area contributed by atoms with Crippen LogP contribution in [0, 0.1) is 5.82 Å². The highest BCUT2D eigenvalue weighted by atomic mass is 19.1. The second kappa shape index (κ2) is 6.02. The summed E-state index contributed by atoms with van der Waals surface area (Å²) in [6.07, 6.45) is -1.23. The van der Waals surface area contributed by atoms with Crippen LogP contribution < -0.4 is 4.74 Å². The predicted octanol–water partition coefficient (Wildman–Crippen LogP) is 2.04. The van der Waals surface area contributed by atoms with Crippen LogP contribution in [0.3, 0.4) is 0 Å². The van der Waals surface area contributed by atoms with Gasteiger partial charge in [0.15, 0.2) is 17.7 Å². The topological polar surface area (TPSA) is 55.8 Å². The summed E-state index contributed by atoms with van der Waals surface area (Å²) < 4.78 is 23.6. The van der Waals surface area contributed by atoms with Gasteiger partial charge >= 0.3 is 5.97 Å². The smallest absolute Gasteiger partial charge is 0.334 e. The molecule has 4 nitrogen and oxygen atoms in total. The van der Waals surface area contributed by atoms with E-state index in [2.05, 4.69) is 4.74 Å². The van der Waals surface area contributed by atoms with Crippen LogP contribution in [0.15, 0.2) is 18.2 Å². The van der Waals surface area contributed by atoms with Gasteiger partial charge in [-0.15, -0.1) is 0 Å². The highest BCUT2D eigenvalue weighted by molar-refractivity contribution is 5.74. The van der Waals surface area contributed by atoms with Crippen molar-refractivity contribution in [3.63, 3.8) is 0 Å². The highest BCUT2D eigenvalue weighted by Crippen LogP contribution is 2.34. The normalized spacial score (nSPS) is 12.9. The number of hydrogen-bond acceptors (Lipinski definition) is 4. The number of ether oxygens (including phenoxy) is 2. The second-order valence-corrected chi connectivity index (χ2v) is 4.95. The molecule has 0 spiro atoms.